The van der Waals surface area contributed by atoms with Gasteiger partial charge in [-0.05, 0) is 26.3 Å². The number of nitrogens with zero attached hydrogens (tertiary/aromatic N) is 4. The third-order valence-corrected chi connectivity index (χ3v) is 2.56. The van der Waals surface area contributed by atoms with Crippen LogP contribution in [0.5, 0.6) is 0 Å². The number of hydrogen-bond donors (Lipinski definition) is 1. The first-order valence-electron chi connectivity index (χ1n) is 6.20. The summed E-state index contributed by atoms with van der Waals surface area (Å²) in [7, 11) is 0. The molecule has 6 heteroatoms. The minimum absolute atomic E-state index is 0.143. The highest BCUT2D eigenvalue weighted by molar-refractivity contribution is 5.35. The molecule has 2 aromatic rings. The molecule has 2 rings (SSSR count). The first kappa shape index (κ1) is 13.2. The zero-order valence-electron chi connectivity index (χ0n) is 11.3. The van der Waals surface area contributed by atoms with E-state index in [0.29, 0.717) is 5.82 Å². The summed E-state index contributed by atoms with van der Waals surface area (Å²) in [6.45, 7) is 6.81. The van der Waals surface area contributed by atoms with E-state index in [4.69, 9.17) is 0 Å². The summed E-state index contributed by atoms with van der Waals surface area (Å²) in [6.07, 6.45) is 1.66. The Hall–Kier alpha value is -2.24. The van der Waals surface area contributed by atoms with Gasteiger partial charge in [-0.1, -0.05) is 0 Å². The Balaban J connectivity index is 2.30. The van der Waals surface area contributed by atoms with Crippen LogP contribution in [0.15, 0.2) is 23.1 Å². The number of aromatic nitrogens is 4. The van der Waals surface area contributed by atoms with E-state index in [-0.39, 0.29) is 12.1 Å². The van der Waals surface area contributed by atoms with Gasteiger partial charge in [0, 0.05) is 24.4 Å². The number of nitrogens with one attached hydrogen (secondary N) is 1. The molecule has 0 saturated carbocycles. The van der Waals surface area contributed by atoms with Gasteiger partial charge in [0.15, 0.2) is 5.82 Å². The molecule has 0 saturated heterocycles. The van der Waals surface area contributed by atoms with Gasteiger partial charge in [-0.3, -0.25) is 4.79 Å². The van der Waals surface area contributed by atoms with Crippen LogP contribution in [-0.4, -0.2) is 26.3 Å². The molecule has 100 valence electrons. The molecule has 19 heavy (non-hydrogen) atoms. The fourth-order valence-electron chi connectivity index (χ4n) is 1.75. The average Bonchev–Trinajstić information content (AvgIpc) is 2.32. The second-order valence-electron chi connectivity index (χ2n) is 4.37. The van der Waals surface area contributed by atoms with Crippen LogP contribution in [0.25, 0.3) is 0 Å². The first-order valence-corrected chi connectivity index (χ1v) is 6.20. The highest BCUT2D eigenvalue weighted by atomic mass is 16.1. The van der Waals surface area contributed by atoms with E-state index in [1.54, 1.807) is 12.3 Å². The Labute approximate surface area is 111 Å². The maximum Gasteiger partial charge on any atom is 0.267 e. The third-order valence-electron chi connectivity index (χ3n) is 2.56. The van der Waals surface area contributed by atoms with Crippen molar-refractivity contribution in [2.24, 2.45) is 0 Å². The fourth-order valence-corrected chi connectivity index (χ4v) is 1.75. The summed E-state index contributed by atoms with van der Waals surface area (Å²) in [6, 6.07) is 3.42. The number of aryl methyl sites for hydroxylation is 2. The van der Waals surface area contributed by atoms with E-state index < -0.39 is 0 Å². The van der Waals surface area contributed by atoms with Crippen LogP contribution in [0.1, 0.15) is 24.0 Å². The molecular formula is C13H17N5O. The standard InChI is InChI=1S/C13H17N5O/c1-4-14-11-6-10(3)16-12(17-11)8-18-13(19)5-9(2)7-15-18/h5-7H,4,8H2,1-3H3,(H,14,16,17). The van der Waals surface area contributed by atoms with Gasteiger partial charge < -0.3 is 5.32 Å². The summed E-state index contributed by atoms with van der Waals surface area (Å²) >= 11 is 0. The Bertz CT molecular complexity index is 635. The molecule has 2 heterocycles. The molecule has 0 unspecified atom stereocenters. The minimum atomic E-state index is -0.143. The van der Waals surface area contributed by atoms with E-state index in [0.717, 1.165) is 23.6 Å². The summed E-state index contributed by atoms with van der Waals surface area (Å²) < 4.78 is 1.36. The lowest BCUT2D eigenvalue weighted by molar-refractivity contribution is 0.610. The second-order valence-corrected chi connectivity index (χ2v) is 4.37. The van der Waals surface area contributed by atoms with E-state index >= 15 is 0 Å². The van der Waals surface area contributed by atoms with Crippen LogP contribution in [0.4, 0.5) is 5.82 Å². The van der Waals surface area contributed by atoms with Gasteiger partial charge >= 0.3 is 0 Å². The molecule has 2 aromatic heterocycles. The van der Waals surface area contributed by atoms with Crippen molar-refractivity contribution in [1.29, 1.82) is 0 Å². The van der Waals surface area contributed by atoms with Gasteiger partial charge in [0.05, 0.1) is 6.20 Å². The zero-order chi connectivity index (χ0) is 13.8. The topological polar surface area (TPSA) is 72.7 Å². The van der Waals surface area contributed by atoms with Crippen molar-refractivity contribution < 1.29 is 0 Å². The molecule has 0 aromatic carbocycles. The normalized spacial score (nSPS) is 10.5. The van der Waals surface area contributed by atoms with Crippen LogP contribution < -0.4 is 10.9 Å². The zero-order valence-corrected chi connectivity index (χ0v) is 11.3. The van der Waals surface area contributed by atoms with Crippen molar-refractivity contribution in [3.05, 3.63) is 45.8 Å². The lowest BCUT2D eigenvalue weighted by atomic mass is 10.3. The molecule has 0 spiro atoms. The van der Waals surface area contributed by atoms with Crippen LogP contribution in [0.2, 0.25) is 0 Å². The van der Waals surface area contributed by atoms with Gasteiger partial charge in [-0.2, -0.15) is 5.10 Å². The van der Waals surface area contributed by atoms with Gasteiger partial charge in [-0.15, -0.1) is 0 Å². The molecule has 0 fully saturated rings. The summed E-state index contributed by atoms with van der Waals surface area (Å²) in [4.78, 5) is 20.5. The van der Waals surface area contributed by atoms with E-state index in [9.17, 15) is 4.79 Å². The van der Waals surface area contributed by atoms with Crippen LogP contribution in [0.3, 0.4) is 0 Å². The average molecular weight is 259 g/mol. The SMILES string of the molecule is CCNc1cc(C)nc(Cn2ncc(C)cc2=O)n1. The van der Waals surface area contributed by atoms with Crippen LogP contribution in [0, 0.1) is 13.8 Å². The predicted molar refractivity (Wildman–Crippen MR) is 73.3 cm³/mol. The Morgan fingerprint density at radius 1 is 1.26 bits per heavy atom. The molecule has 0 aliphatic heterocycles. The van der Waals surface area contributed by atoms with Crippen molar-refractivity contribution in [2.75, 3.05) is 11.9 Å². The van der Waals surface area contributed by atoms with Crippen molar-refractivity contribution in [1.82, 2.24) is 19.7 Å². The summed E-state index contributed by atoms with van der Waals surface area (Å²) in [5.74, 6) is 1.35. The molecule has 1 N–H and O–H groups in total. The van der Waals surface area contributed by atoms with E-state index in [1.165, 1.54) is 4.68 Å². The van der Waals surface area contributed by atoms with Gasteiger partial charge in [0.1, 0.15) is 12.4 Å². The first-order chi connectivity index (χ1) is 9.08. The number of rotatable bonds is 4. The summed E-state index contributed by atoms with van der Waals surface area (Å²) in [5, 5.41) is 7.22. The van der Waals surface area contributed by atoms with E-state index in [2.05, 4.69) is 20.4 Å². The quantitative estimate of drug-likeness (QED) is 0.891. The predicted octanol–water partition coefficient (Wildman–Crippen LogP) is 1.13. The maximum absolute atomic E-state index is 11.8. The maximum atomic E-state index is 11.8. The molecule has 0 amide bonds. The van der Waals surface area contributed by atoms with E-state index in [1.807, 2.05) is 26.8 Å². The highest BCUT2D eigenvalue weighted by Crippen LogP contribution is 2.06. The van der Waals surface area contributed by atoms with Gasteiger partial charge in [0.25, 0.3) is 5.56 Å². The molecular weight excluding hydrogens is 242 g/mol. The lowest BCUT2D eigenvalue weighted by Gasteiger charge is -2.08. The minimum Gasteiger partial charge on any atom is -0.370 e. The number of anilines is 1. The van der Waals surface area contributed by atoms with Crippen molar-refractivity contribution in [2.45, 2.75) is 27.3 Å². The highest BCUT2D eigenvalue weighted by Gasteiger charge is 2.05. The van der Waals surface area contributed by atoms with Crippen molar-refractivity contribution in [3.8, 4) is 0 Å². The van der Waals surface area contributed by atoms with Gasteiger partial charge in [-0.25, -0.2) is 14.6 Å². The Kier molecular flexibility index (Phi) is 3.89. The Morgan fingerprint density at radius 2 is 2.05 bits per heavy atom. The molecule has 0 aliphatic rings. The van der Waals surface area contributed by atoms with Crippen molar-refractivity contribution >= 4 is 5.82 Å². The molecule has 0 aliphatic carbocycles. The monoisotopic (exact) mass is 259 g/mol. The molecule has 6 nitrogen and oxygen atoms in total. The van der Waals surface area contributed by atoms with Crippen LogP contribution in [-0.2, 0) is 6.54 Å². The fraction of sp³-hybridized carbons (Fsp3) is 0.385. The molecule has 0 radical (unpaired) electrons. The number of hydrogen-bond acceptors (Lipinski definition) is 5. The molecule has 0 bridgehead atoms. The largest absolute Gasteiger partial charge is 0.370 e. The smallest absolute Gasteiger partial charge is 0.267 e. The van der Waals surface area contributed by atoms with Crippen molar-refractivity contribution in [3.63, 3.8) is 0 Å². The van der Waals surface area contributed by atoms with Gasteiger partial charge in [0.2, 0.25) is 0 Å². The van der Waals surface area contributed by atoms with Crippen LogP contribution >= 0.6 is 0 Å². The molecule has 0 atom stereocenters. The summed E-state index contributed by atoms with van der Waals surface area (Å²) in [5.41, 5.74) is 1.57. The Morgan fingerprint density at radius 3 is 2.74 bits per heavy atom. The third kappa shape index (κ3) is 3.37. The lowest BCUT2D eigenvalue weighted by Crippen LogP contribution is -2.24. The second kappa shape index (κ2) is 5.60.